The molecule has 0 heterocycles. The van der Waals surface area contributed by atoms with Crippen LogP contribution in [-0.2, 0) is 6.54 Å². The summed E-state index contributed by atoms with van der Waals surface area (Å²) in [5.74, 6) is -0.510. The molecule has 0 radical (unpaired) electrons. The van der Waals surface area contributed by atoms with Crippen LogP contribution in [0.3, 0.4) is 0 Å². The number of hydrogen-bond donors (Lipinski definition) is 3. The minimum Gasteiger partial charge on any atom is -0.409 e. The fourth-order valence-electron chi connectivity index (χ4n) is 1.60. The summed E-state index contributed by atoms with van der Waals surface area (Å²) >= 11 is 0. The molecule has 18 heavy (non-hydrogen) atoms. The zero-order valence-corrected chi connectivity index (χ0v) is 10.3. The van der Waals surface area contributed by atoms with E-state index in [4.69, 9.17) is 16.0 Å². The highest BCUT2D eigenvalue weighted by atomic mass is 19.1. The third-order valence-electron chi connectivity index (χ3n) is 2.59. The van der Waals surface area contributed by atoms with Gasteiger partial charge in [0.1, 0.15) is 5.82 Å². The molecule has 0 aliphatic heterocycles. The van der Waals surface area contributed by atoms with Crippen molar-refractivity contribution in [3.63, 3.8) is 0 Å². The Labute approximate surface area is 105 Å². The number of benzene rings is 1. The van der Waals surface area contributed by atoms with Crippen LogP contribution in [0.1, 0.15) is 17.5 Å². The number of halogens is 1. The van der Waals surface area contributed by atoms with Gasteiger partial charge < -0.3 is 20.9 Å². The molecule has 5 nitrogen and oxygen atoms in total. The van der Waals surface area contributed by atoms with Crippen molar-refractivity contribution in [2.75, 3.05) is 20.2 Å². The first-order valence-corrected chi connectivity index (χ1v) is 5.64. The van der Waals surface area contributed by atoms with E-state index in [-0.39, 0.29) is 12.4 Å². The maximum atomic E-state index is 13.8. The SMILES string of the molecule is CN(CCCO)Cc1ccc(/C(N)=N/O)cc1F. The van der Waals surface area contributed by atoms with Crippen molar-refractivity contribution >= 4 is 5.84 Å². The molecule has 0 amide bonds. The molecule has 4 N–H and O–H groups in total. The summed E-state index contributed by atoms with van der Waals surface area (Å²) in [6.07, 6.45) is 0.653. The van der Waals surface area contributed by atoms with E-state index in [2.05, 4.69) is 5.16 Å². The van der Waals surface area contributed by atoms with Crippen molar-refractivity contribution in [1.82, 2.24) is 4.90 Å². The fraction of sp³-hybridized carbons (Fsp3) is 0.417. The maximum Gasteiger partial charge on any atom is 0.170 e. The Balaban J connectivity index is 2.74. The predicted molar refractivity (Wildman–Crippen MR) is 66.9 cm³/mol. The normalized spacial score (nSPS) is 12.1. The molecule has 0 atom stereocenters. The fourth-order valence-corrected chi connectivity index (χ4v) is 1.60. The van der Waals surface area contributed by atoms with Gasteiger partial charge in [0.05, 0.1) is 0 Å². The minimum absolute atomic E-state index is 0.117. The molecule has 0 fully saturated rings. The summed E-state index contributed by atoms with van der Waals surface area (Å²) in [6.45, 7) is 1.26. The van der Waals surface area contributed by atoms with Crippen molar-refractivity contribution in [1.29, 1.82) is 0 Å². The Hall–Kier alpha value is -1.66. The van der Waals surface area contributed by atoms with Gasteiger partial charge in [0.25, 0.3) is 0 Å². The molecule has 0 aliphatic carbocycles. The van der Waals surface area contributed by atoms with E-state index in [1.807, 2.05) is 11.9 Å². The highest BCUT2D eigenvalue weighted by molar-refractivity contribution is 5.97. The van der Waals surface area contributed by atoms with Gasteiger partial charge in [0.2, 0.25) is 0 Å². The largest absolute Gasteiger partial charge is 0.409 e. The van der Waals surface area contributed by atoms with Crippen molar-refractivity contribution in [2.24, 2.45) is 10.9 Å². The maximum absolute atomic E-state index is 13.8. The van der Waals surface area contributed by atoms with E-state index in [1.54, 1.807) is 12.1 Å². The van der Waals surface area contributed by atoms with Crippen molar-refractivity contribution in [3.8, 4) is 0 Å². The van der Waals surface area contributed by atoms with E-state index in [0.717, 1.165) is 0 Å². The van der Waals surface area contributed by atoms with Crippen LogP contribution in [0.25, 0.3) is 0 Å². The Morgan fingerprint density at radius 2 is 2.22 bits per heavy atom. The number of nitrogens with two attached hydrogens (primary N) is 1. The van der Waals surface area contributed by atoms with Crippen molar-refractivity contribution < 1.29 is 14.7 Å². The lowest BCUT2D eigenvalue weighted by atomic mass is 10.1. The Kier molecular flexibility index (Phi) is 5.54. The smallest absolute Gasteiger partial charge is 0.170 e. The molecular weight excluding hydrogens is 237 g/mol. The van der Waals surface area contributed by atoms with Crippen molar-refractivity contribution in [2.45, 2.75) is 13.0 Å². The van der Waals surface area contributed by atoms with E-state index in [0.29, 0.717) is 30.6 Å². The highest BCUT2D eigenvalue weighted by Crippen LogP contribution is 2.12. The summed E-state index contributed by atoms with van der Waals surface area (Å²) in [7, 11) is 1.85. The van der Waals surface area contributed by atoms with Gasteiger partial charge in [0.15, 0.2) is 5.84 Å². The van der Waals surface area contributed by atoms with Gasteiger partial charge in [0, 0.05) is 30.8 Å². The van der Waals surface area contributed by atoms with Crippen LogP contribution >= 0.6 is 0 Å². The lowest BCUT2D eigenvalue weighted by Crippen LogP contribution is -2.21. The van der Waals surface area contributed by atoms with Crippen LogP contribution in [0.2, 0.25) is 0 Å². The molecule has 100 valence electrons. The predicted octanol–water partition coefficient (Wildman–Crippen LogP) is 0.734. The summed E-state index contributed by atoms with van der Waals surface area (Å²) in [5.41, 5.74) is 6.25. The zero-order valence-electron chi connectivity index (χ0n) is 10.3. The second-order valence-electron chi connectivity index (χ2n) is 4.11. The van der Waals surface area contributed by atoms with Crippen LogP contribution < -0.4 is 5.73 Å². The number of hydrogen-bond acceptors (Lipinski definition) is 4. The second kappa shape index (κ2) is 6.93. The Morgan fingerprint density at radius 1 is 1.50 bits per heavy atom. The van der Waals surface area contributed by atoms with Gasteiger partial charge in [-0.15, -0.1) is 0 Å². The van der Waals surface area contributed by atoms with Crippen LogP contribution in [0, 0.1) is 5.82 Å². The van der Waals surface area contributed by atoms with Gasteiger partial charge in [-0.1, -0.05) is 17.3 Å². The molecule has 6 heteroatoms. The average molecular weight is 255 g/mol. The molecule has 0 saturated heterocycles. The first-order valence-electron chi connectivity index (χ1n) is 5.64. The van der Waals surface area contributed by atoms with Gasteiger partial charge in [-0.2, -0.15) is 0 Å². The molecule has 1 rings (SSSR count). The molecule has 0 unspecified atom stereocenters. The summed E-state index contributed by atoms with van der Waals surface area (Å²) in [6, 6.07) is 4.45. The molecular formula is C12H18FN3O2. The number of amidine groups is 1. The quantitative estimate of drug-likeness (QED) is 0.303. The minimum atomic E-state index is -0.394. The monoisotopic (exact) mass is 255 g/mol. The third-order valence-corrected chi connectivity index (χ3v) is 2.59. The molecule has 0 aromatic heterocycles. The molecule has 0 spiro atoms. The highest BCUT2D eigenvalue weighted by Gasteiger charge is 2.08. The van der Waals surface area contributed by atoms with E-state index >= 15 is 0 Å². The van der Waals surface area contributed by atoms with E-state index in [9.17, 15) is 4.39 Å². The van der Waals surface area contributed by atoms with Crippen LogP contribution in [-0.4, -0.2) is 41.2 Å². The molecule has 0 saturated carbocycles. The molecule has 1 aromatic carbocycles. The van der Waals surface area contributed by atoms with E-state index < -0.39 is 5.82 Å². The van der Waals surface area contributed by atoms with Crippen LogP contribution in [0.5, 0.6) is 0 Å². The van der Waals surface area contributed by atoms with Gasteiger partial charge in [-0.25, -0.2) is 4.39 Å². The molecule has 0 bridgehead atoms. The average Bonchev–Trinajstić information content (AvgIpc) is 2.37. The zero-order chi connectivity index (χ0) is 13.5. The number of aliphatic hydroxyl groups excluding tert-OH is 1. The Bertz CT molecular complexity index is 424. The number of oxime groups is 1. The topological polar surface area (TPSA) is 82.1 Å². The standard InChI is InChI=1S/C12H18FN3O2/c1-16(5-2-6-17)8-10-4-3-9(7-11(10)13)12(14)15-18/h3-4,7,17-18H,2,5-6,8H2,1H3,(H2,14,15). The number of aliphatic hydroxyl groups is 1. The van der Waals surface area contributed by atoms with Gasteiger partial charge in [-0.3, -0.25) is 0 Å². The van der Waals surface area contributed by atoms with E-state index in [1.165, 1.54) is 6.07 Å². The summed E-state index contributed by atoms with van der Waals surface area (Å²) in [5, 5.41) is 20.0. The Morgan fingerprint density at radius 3 is 2.78 bits per heavy atom. The van der Waals surface area contributed by atoms with Gasteiger partial charge in [-0.05, 0) is 19.5 Å². The first kappa shape index (κ1) is 14.4. The first-order chi connectivity index (χ1) is 8.58. The number of rotatable bonds is 6. The summed E-state index contributed by atoms with van der Waals surface area (Å²) in [4.78, 5) is 1.91. The van der Waals surface area contributed by atoms with Crippen LogP contribution in [0.15, 0.2) is 23.4 Å². The van der Waals surface area contributed by atoms with Crippen LogP contribution in [0.4, 0.5) is 4.39 Å². The number of nitrogens with zero attached hydrogens (tertiary/aromatic N) is 2. The lowest BCUT2D eigenvalue weighted by molar-refractivity contribution is 0.243. The summed E-state index contributed by atoms with van der Waals surface area (Å²) < 4.78 is 13.8. The molecule has 0 aliphatic rings. The second-order valence-corrected chi connectivity index (χ2v) is 4.11. The third kappa shape index (κ3) is 3.97. The molecule has 1 aromatic rings. The van der Waals surface area contributed by atoms with Crippen molar-refractivity contribution in [3.05, 3.63) is 35.1 Å². The lowest BCUT2D eigenvalue weighted by Gasteiger charge is -2.16. The van der Waals surface area contributed by atoms with Gasteiger partial charge >= 0.3 is 0 Å².